The molecule has 106 valence electrons. The second kappa shape index (κ2) is 6.39. The van der Waals surface area contributed by atoms with Crippen molar-refractivity contribution in [1.29, 1.82) is 0 Å². The Balaban J connectivity index is 1.94. The average molecular weight is 282 g/mol. The van der Waals surface area contributed by atoms with Crippen LogP contribution in [0.4, 0.5) is 5.69 Å². The summed E-state index contributed by atoms with van der Waals surface area (Å²) >= 11 is 0. The Morgan fingerprint density at radius 1 is 1.32 bits per heavy atom. The molecular formula is C14H22N2O2S. The van der Waals surface area contributed by atoms with Gasteiger partial charge in [-0.2, -0.15) is 0 Å². The van der Waals surface area contributed by atoms with Gasteiger partial charge in [-0.3, -0.25) is 0 Å². The van der Waals surface area contributed by atoms with E-state index in [-0.39, 0.29) is 5.75 Å². The minimum absolute atomic E-state index is 0.216. The van der Waals surface area contributed by atoms with E-state index >= 15 is 0 Å². The zero-order chi connectivity index (χ0) is 13.7. The molecule has 4 nitrogen and oxygen atoms in total. The zero-order valence-electron chi connectivity index (χ0n) is 11.4. The van der Waals surface area contributed by atoms with E-state index in [4.69, 9.17) is 0 Å². The first-order valence-electron chi connectivity index (χ1n) is 6.89. The maximum Gasteiger partial charge on any atom is 0.178 e. The van der Waals surface area contributed by atoms with Crippen LogP contribution in [0.3, 0.4) is 0 Å². The van der Waals surface area contributed by atoms with Crippen molar-refractivity contribution in [3.63, 3.8) is 0 Å². The largest absolute Gasteiger partial charge is 0.385 e. The predicted molar refractivity (Wildman–Crippen MR) is 78.3 cm³/mol. The molecule has 1 unspecified atom stereocenters. The van der Waals surface area contributed by atoms with E-state index in [1.165, 1.54) is 6.42 Å². The van der Waals surface area contributed by atoms with Gasteiger partial charge in [-0.05, 0) is 56.1 Å². The van der Waals surface area contributed by atoms with Crippen LogP contribution >= 0.6 is 0 Å². The highest BCUT2D eigenvalue weighted by Gasteiger charge is 2.15. The first-order valence-corrected chi connectivity index (χ1v) is 8.54. The van der Waals surface area contributed by atoms with Gasteiger partial charge in [0.15, 0.2) is 9.84 Å². The highest BCUT2D eigenvalue weighted by molar-refractivity contribution is 7.91. The van der Waals surface area contributed by atoms with Gasteiger partial charge >= 0.3 is 0 Å². The second-order valence-electron chi connectivity index (χ2n) is 5.08. The number of anilines is 1. The van der Waals surface area contributed by atoms with Gasteiger partial charge in [0.25, 0.3) is 0 Å². The Labute approximate surface area is 115 Å². The Morgan fingerprint density at radius 2 is 2.05 bits per heavy atom. The van der Waals surface area contributed by atoms with Crippen LogP contribution in [0.25, 0.3) is 0 Å². The van der Waals surface area contributed by atoms with Gasteiger partial charge in [0.2, 0.25) is 0 Å². The van der Waals surface area contributed by atoms with Crippen molar-refractivity contribution in [3.8, 4) is 0 Å². The summed E-state index contributed by atoms with van der Waals surface area (Å²) in [5.41, 5.74) is 0.988. The van der Waals surface area contributed by atoms with Crippen molar-refractivity contribution in [2.75, 3.05) is 30.7 Å². The van der Waals surface area contributed by atoms with E-state index in [1.54, 1.807) is 12.1 Å². The summed E-state index contributed by atoms with van der Waals surface area (Å²) in [6, 6.07) is 7.09. The van der Waals surface area contributed by atoms with Crippen LogP contribution in [0.2, 0.25) is 0 Å². The van der Waals surface area contributed by atoms with Crippen molar-refractivity contribution < 1.29 is 8.42 Å². The van der Waals surface area contributed by atoms with Crippen molar-refractivity contribution in [2.24, 2.45) is 5.92 Å². The summed E-state index contributed by atoms with van der Waals surface area (Å²) in [5.74, 6) is 0.886. The molecule has 0 saturated carbocycles. The summed E-state index contributed by atoms with van der Waals surface area (Å²) in [6.07, 6.45) is 1.85. The molecule has 0 spiro atoms. The van der Waals surface area contributed by atoms with Crippen molar-refractivity contribution in [1.82, 2.24) is 5.32 Å². The van der Waals surface area contributed by atoms with Crippen LogP contribution in [0, 0.1) is 5.92 Å². The molecule has 19 heavy (non-hydrogen) atoms. The average Bonchev–Trinajstić information content (AvgIpc) is 2.90. The number of hydrogen-bond donors (Lipinski definition) is 2. The van der Waals surface area contributed by atoms with Crippen LogP contribution in [-0.4, -0.2) is 33.8 Å². The Bertz CT molecular complexity index is 491. The van der Waals surface area contributed by atoms with Crippen LogP contribution < -0.4 is 10.6 Å². The minimum atomic E-state index is -3.10. The quantitative estimate of drug-likeness (QED) is 0.836. The molecule has 2 N–H and O–H groups in total. The topological polar surface area (TPSA) is 58.2 Å². The van der Waals surface area contributed by atoms with Gasteiger partial charge in [-0.15, -0.1) is 0 Å². The van der Waals surface area contributed by atoms with Crippen LogP contribution in [-0.2, 0) is 9.84 Å². The third kappa shape index (κ3) is 3.94. The molecule has 1 aromatic carbocycles. The maximum absolute atomic E-state index is 11.9. The molecule has 1 atom stereocenters. The molecule has 0 aliphatic carbocycles. The van der Waals surface area contributed by atoms with E-state index in [0.717, 1.165) is 25.3 Å². The lowest BCUT2D eigenvalue weighted by Crippen LogP contribution is -2.17. The van der Waals surface area contributed by atoms with E-state index < -0.39 is 9.84 Å². The summed E-state index contributed by atoms with van der Waals surface area (Å²) in [5, 5.41) is 6.69. The van der Waals surface area contributed by atoms with E-state index in [0.29, 0.717) is 17.2 Å². The molecule has 5 heteroatoms. The fraction of sp³-hybridized carbons (Fsp3) is 0.571. The summed E-state index contributed by atoms with van der Waals surface area (Å²) < 4.78 is 23.8. The van der Waals surface area contributed by atoms with Crippen molar-refractivity contribution in [2.45, 2.75) is 24.7 Å². The molecule has 0 radical (unpaired) electrons. The van der Waals surface area contributed by atoms with E-state index in [9.17, 15) is 8.42 Å². The first kappa shape index (κ1) is 14.3. The van der Waals surface area contributed by atoms with Crippen LogP contribution in [0.1, 0.15) is 19.8 Å². The third-order valence-electron chi connectivity index (χ3n) is 3.44. The number of rotatable bonds is 6. The second-order valence-corrected chi connectivity index (χ2v) is 7.19. The van der Waals surface area contributed by atoms with Crippen LogP contribution in [0.5, 0.6) is 0 Å². The molecule has 1 fully saturated rings. The normalized spacial score (nSPS) is 19.5. The van der Waals surface area contributed by atoms with Crippen molar-refractivity contribution in [3.05, 3.63) is 24.3 Å². The Kier molecular flexibility index (Phi) is 4.82. The highest BCUT2D eigenvalue weighted by atomic mass is 32.2. The highest BCUT2D eigenvalue weighted by Crippen LogP contribution is 2.17. The Morgan fingerprint density at radius 3 is 2.63 bits per heavy atom. The summed E-state index contributed by atoms with van der Waals surface area (Å²) in [6.45, 7) is 4.98. The fourth-order valence-electron chi connectivity index (χ4n) is 2.32. The maximum atomic E-state index is 11.9. The molecule has 2 rings (SSSR count). The molecule has 1 heterocycles. The third-order valence-corrected chi connectivity index (χ3v) is 5.38. The smallest absolute Gasteiger partial charge is 0.178 e. The molecular weight excluding hydrogens is 260 g/mol. The minimum Gasteiger partial charge on any atom is -0.385 e. The Hall–Kier alpha value is -1.07. The molecule has 0 bridgehead atoms. The van der Waals surface area contributed by atoms with E-state index in [1.807, 2.05) is 19.1 Å². The van der Waals surface area contributed by atoms with Gasteiger partial charge in [-0.25, -0.2) is 8.42 Å². The molecule has 1 saturated heterocycles. The molecule has 1 aliphatic heterocycles. The SMILES string of the molecule is CCCS(=O)(=O)c1ccc(NCC2CCNC2)cc1. The van der Waals surface area contributed by atoms with Gasteiger partial charge in [-0.1, -0.05) is 6.92 Å². The van der Waals surface area contributed by atoms with Crippen LogP contribution in [0.15, 0.2) is 29.2 Å². The van der Waals surface area contributed by atoms with Gasteiger partial charge in [0, 0.05) is 12.2 Å². The number of nitrogens with one attached hydrogen (secondary N) is 2. The molecule has 0 aromatic heterocycles. The molecule has 1 aliphatic rings. The summed E-state index contributed by atoms with van der Waals surface area (Å²) in [4.78, 5) is 0.419. The lowest BCUT2D eigenvalue weighted by molar-refractivity contribution is 0.594. The number of benzene rings is 1. The first-order chi connectivity index (χ1) is 9.12. The lowest BCUT2D eigenvalue weighted by atomic mass is 10.1. The van der Waals surface area contributed by atoms with Gasteiger partial charge in [0.05, 0.1) is 10.6 Å². The molecule has 0 amide bonds. The van der Waals surface area contributed by atoms with Crippen molar-refractivity contribution >= 4 is 15.5 Å². The fourth-order valence-corrected chi connectivity index (χ4v) is 3.64. The number of sulfone groups is 1. The monoisotopic (exact) mass is 282 g/mol. The lowest BCUT2D eigenvalue weighted by Gasteiger charge is -2.11. The predicted octanol–water partition coefficient (Wildman–Crippen LogP) is 1.89. The molecule has 1 aromatic rings. The van der Waals surface area contributed by atoms with Gasteiger partial charge in [0.1, 0.15) is 0 Å². The zero-order valence-corrected chi connectivity index (χ0v) is 12.2. The van der Waals surface area contributed by atoms with E-state index in [2.05, 4.69) is 10.6 Å². The standard InChI is InChI=1S/C14H22N2O2S/c1-2-9-19(17,18)14-5-3-13(4-6-14)16-11-12-7-8-15-10-12/h3-6,12,15-16H,2,7-11H2,1H3. The number of hydrogen-bond acceptors (Lipinski definition) is 4. The van der Waals surface area contributed by atoms with Gasteiger partial charge < -0.3 is 10.6 Å². The summed E-state index contributed by atoms with van der Waals surface area (Å²) in [7, 11) is -3.10.